The van der Waals surface area contributed by atoms with Gasteiger partial charge in [-0.25, -0.2) is 0 Å². The predicted octanol–water partition coefficient (Wildman–Crippen LogP) is 0.749. The number of hydrogen-bond donors (Lipinski definition) is 2. The van der Waals surface area contributed by atoms with Gasteiger partial charge < -0.3 is 15.3 Å². The fourth-order valence-corrected chi connectivity index (χ4v) is 2.65. The van der Waals surface area contributed by atoms with Crippen LogP contribution < -0.4 is 5.32 Å². The molecule has 17 heavy (non-hydrogen) atoms. The Morgan fingerprint density at radius 3 is 2.53 bits per heavy atom. The zero-order valence-electron chi connectivity index (χ0n) is 10.5. The lowest BCUT2D eigenvalue weighted by molar-refractivity contribution is -0.132. The molecular weight excluding hydrogens is 216 g/mol. The molecule has 1 saturated heterocycles. The quantitative estimate of drug-likeness (QED) is 0.720. The minimum atomic E-state index is 0.0928. The topological polar surface area (TPSA) is 52.6 Å². The van der Waals surface area contributed by atoms with Gasteiger partial charge in [0.15, 0.2) is 0 Å². The molecule has 0 unspecified atom stereocenters. The van der Waals surface area contributed by atoms with Crippen LogP contribution in [0.15, 0.2) is 0 Å². The molecule has 2 rings (SSSR count). The molecule has 4 nitrogen and oxygen atoms in total. The molecule has 0 spiro atoms. The van der Waals surface area contributed by atoms with Gasteiger partial charge in [0.05, 0.1) is 6.61 Å². The Morgan fingerprint density at radius 2 is 1.94 bits per heavy atom. The summed E-state index contributed by atoms with van der Waals surface area (Å²) in [7, 11) is 0. The Hall–Kier alpha value is -0.610. The summed E-state index contributed by atoms with van der Waals surface area (Å²) in [6, 6.07) is 0.433. The van der Waals surface area contributed by atoms with Gasteiger partial charge in [-0.3, -0.25) is 4.79 Å². The van der Waals surface area contributed by atoms with Crippen LogP contribution in [0.5, 0.6) is 0 Å². The summed E-state index contributed by atoms with van der Waals surface area (Å²) in [6.45, 7) is 2.81. The second kappa shape index (κ2) is 6.36. The maximum Gasteiger partial charge on any atom is 0.222 e. The van der Waals surface area contributed by atoms with Gasteiger partial charge in [0.2, 0.25) is 5.91 Å². The maximum absolute atomic E-state index is 12.1. The molecule has 1 aliphatic carbocycles. The van der Waals surface area contributed by atoms with Crippen molar-refractivity contribution in [2.24, 2.45) is 5.92 Å². The van der Waals surface area contributed by atoms with E-state index in [1.54, 1.807) is 0 Å². The average molecular weight is 240 g/mol. The highest BCUT2D eigenvalue weighted by atomic mass is 16.3. The van der Waals surface area contributed by atoms with Crippen LogP contribution in [0.4, 0.5) is 0 Å². The van der Waals surface area contributed by atoms with Gasteiger partial charge >= 0.3 is 0 Å². The Labute approximate surface area is 103 Å². The van der Waals surface area contributed by atoms with Gasteiger partial charge in [-0.05, 0) is 51.1 Å². The van der Waals surface area contributed by atoms with Gasteiger partial charge in [0.25, 0.3) is 0 Å². The summed E-state index contributed by atoms with van der Waals surface area (Å²) in [5.74, 6) is 0.968. The summed E-state index contributed by atoms with van der Waals surface area (Å²) in [5, 5.41) is 12.3. The van der Waals surface area contributed by atoms with E-state index in [0.717, 1.165) is 38.3 Å². The van der Waals surface area contributed by atoms with Crippen molar-refractivity contribution in [2.45, 2.75) is 44.6 Å². The smallest absolute Gasteiger partial charge is 0.222 e. The molecule has 1 amide bonds. The number of nitrogens with one attached hydrogen (secondary N) is 1. The Bertz CT molecular complexity index is 248. The molecule has 0 aromatic carbocycles. The fourth-order valence-electron chi connectivity index (χ4n) is 2.65. The Balaban J connectivity index is 1.70. The number of aliphatic hydroxyl groups excluding tert-OH is 1. The number of carbonyl (C=O) groups excluding carboxylic acids is 1. The van der Waals surface area contributed by atoms with E-state index in [1.807, 2.05) is 4.90 Å². The SMILES string of the molecule is O=C(CCC1CCNCC1)N(CCO)C1CC1. The lowest BCUT2D eigenvalue weighted by atomic mass is 9.93. The molecule has 0 atom stereocenters. The van der Waals surface area contributed by atoms with Crippen molar-refractivity contribution in [1.82, 2.24) is 10.2 Å². The molecule has 2 fully saturated rings. The predicted molar refractivity (Wildman–Crippen MR) is 66.6 cm³/mol. The molecule has 0 bridgehead atoms. The van der Waals surface area contributed by atoms with E-state index in [1.165, 1.54) is 12.8 Å². The summed E-state index contributed by atoms with van der Waals surface area (Å²) in [6.07, 6.45) is 6.35. The number of carbonyl (C=O) groups is 1. The number of aliphatic hydroxyl groups is 1. The zero-order chi connectivity index (χ0) is 12.1. The van der Waals surface area contributed by atoms with Crippen LogP contribution in [-0.2, 0) is 4.79 Å². The summed E-state index contributed by atoms with van der Waals surface area (Å²) >= 11 is 0. The molecule has 4 heteroatoms. The largest absolute Gasteiger partial charge is 0.395 e. The average Bonchev–Trinajstić information content (AvgIpc) is 3.18. The number of rotatable bonds is 6. The molecule has 2 aliphatic rings. The first-order valence-corrected chi connectivity index (χ1v) is 6.92. The monoisotopic (exact) mass is 240 g/mol. The third-order valence-electron chi connectivity index (χ3n) is 3.87. The molecule has 1 saturated carbocycles. The highest BCUT2D eigenvalue weighted by Crippen LogP contribution is 2.28. The first-order chi connectivity index (χ1) is 8.31. The second-order valence-corrected chi connectivity index (χ2v) is 5.27. The first-order valence-electron chi connectivity index (χ1n) is 6.92. The van der Waals surface area contributed by atoms with Gasteiger partial charge in [-0.2, -0.15) is 0 Å². The third-order valence-corrected chi connectivity index (χ3v) is 3.87. The molecule has 1 heterocycles. The van der Waals surface area contributed by atoms with Crippen LogP contribution >= 0.6 is 0 Å². The number of piperidine rings is 1. The van der Waals surface area contributed by atoms with Crippen molar-refractivity contribution in [3.05, 3.63) is 0 Å². The number of amides is 1. The normalized spacial score (nSPS) is 21.5. The van der Waals surface area contributed by atoms with Gasteiger partial charge in [0, 0.05) is 19.0 Å². The van der Waals surface area contributed by atoms with Crippen molar-refractivity contribution in [3.8, 4) is 0 Å². The first kappa shape index (κ1) is 12.8. The van der Waals surface area contributed by atoms with Crippen LogP contribution in [0.25, 0.3) is 0 Å². The van der Waals surface area contributed by atoms with Crippen molar-refractivity contribution >= 4 is 5.91 Å². The van der Waals surface area contributed by atoms with Crippen LogP contribution in [0.3, 0.4) is 0 Å². The van der Waals surface area contributed by atoms with E-state index in [0.29, 0.717) is 19.0 Å². The van der Waals surface area contributed by atoms with Gasteiger partial charge in [-0.15, -0.1) is 0 Å². The highest BCUT2D eigenvalue weighted by Gasteiger charge is 2.31. The minimum absolute atomic E-state index is 0.0928. The highest BCUT2D eigenvalue weighted by molar-refractivity contribution is 5.76. The minimum Gasteiger partial charge on any atom is -0.395 e. The lowest BCUT2D eigenvalue weighted by Gasteiger charge is -2.25. The summed E-state index contributed by atoms with van der Waals surface area (Å²) < 4.78 is 0. The van der Waals surface area contributed by atoms with Crippen molar-refractivity contribution in [1.29, 1.82) is 0 Å². The molecule has 0 aromatic rings. The second-order valence-electron chi connectivity index (χ2n) is 5.27. The van der Waals surface area contributed by atoms with Gasteiger partial charge in [-0.1, -0.05) is 0 Å². The molecule has 0 aromatic heterocycles. The fraction of sp³-hybridized carbons (Fsp3) is 0.923. The zero-order valence-corrected chi connectivity index (χ0v) is 10.5. The van der Waals surface area contributed by atoms with Crippen LogP contribution in [0.1, 0.15) is 38.5 Å². The van der Waals surface area contributed by atoms with E-state index >= 15 is 0 Å². The molecular formula is C13H24N2O2. The lowest BCUT2D eigenvalue weighted by Crippen LogP contribution is -2.36. The van der Waals surface area contributed by atoms with Crippen molar-refractivity contribution in [3.63, 3.8) is 0 Å². The standard InChI is InChI=1S/C13H24N2O2/c16-10-9-15(12-2-3-12)13(17)4-1-11-5-7-14-8-6-11/h11-12,14,16H,1-10H2. The van der Waals surface area contributed by atoms with Crippen molar-refractivity contribution < 1.29 is 9.90 Å². The van der Waals surface area contributed by atoms with E-state index in [9.17, 15) is 4.79 Å². The van der Waals surface area contributed by atoms with E-state index in [2.05, 4.69) is 5.32 Å². The number of nitrogens with zero attached hydrogens (tertiary/aromatic N) is 1. The molecule has 98 valence electrons. The summed E-state index contributed by atoms with van der Waals surface area (Å²) in [4.78, 5) is 13.9. The molecule has 0 radical (unpaired) electrons. The van der Waals surface area contributed by atoms with Gasteiger partial charge in [0.1, 0.15) is 0 Å². The maximum atomic E-state index is 12.1. The van der Waals surface area contributed by atoms with Crippen LogP contribution in [0, 0.1) is 5.92 Å². The van der Waals surface area contributed by atoms with Crippen molar-refractivity contribution in [2.75, 3.05) is 26.2 Å². The number of hydrogen-bond acceptors (Lipinski definition) is 3. The third kappa shape index (κ3) is 3.96. The van der Waals surface area contributed by atoms with E-state index in [4.69, 9.17) is 5.11 Å². The molecule has 1 aliphatic heterocycles. The Kier molecular flexibility index (Phi) is 4.80. The molecule has 2 N–H and O–H groups in total. The van der Waals surface area contributed by atoms with Crippen LogP contribution in [-0.4, -0.2) is 48.2 Å². The van der Waals surface area contributed by atoms with E-state index < -0.39 is 0 Å². The summed E-state index contributed by atoms with van der Waals surface area (Å²) in [5.41, 5.74) is 0. The van der Waals surface area contributed by atoms with Crippen LogP contribution in [0.2, 0.25) is 0 Å². The Morgan fingerprint density at radius 1 is 1.24 bits per heavy atom. The van der Waals surface area contributed by atoms with E-state index in [-0.39, 0.29) is 12.5 Å².